The fourth-order valence-electron chi connectivity index (χ4n) is 4.45. The van der Waals surface area contributed by atoms with E-state index in [1.165, 1.54) is 12.8 Å². The lowest BCUT2D eigenvalue weighted by Gasteiger charge is -2.34. The van der Waals surface area contributed by atoms with Crippen LogP contribution >= 0.6 is 0 Å². The highest BCUT2D eigenvalue weighted by atomic mass is 16.5. The molecule has 4 heteroatoms. The molecule has 0 bridgehead atoms. The Morgan fingerprint density at radius 2 is 1.81 bits per heavy atom. The van der Waals surface area contributed by atoms with Crippen molar-refractivity contribution in [2.24, 2.45) is 5.92 Å². The van der Waals surface area contributed by atoms with Crippen molar-refractivity contribution in [3.63, 3.8) is 0 Å². The Balaban J connectivity index is 1.49. The van der Waals surface area contributed by atoms with Gasteiger partial charge in [-0.1, -0.05) is 18.9 Å². The molecule has 1 aliphatic carbocycles. The van der Waals surface area contributed by atoms with Crippen LogP contribution in [-0.4, -0.2) is 36.0 Å². The van der Waals surface area contributed by atoms with Crippen molar-refractivity contribution in [1.82, 2.24) is 9.88 Å². The number of carbonyl (C=O) groups is 1. The average molecular weight is 364 g/mol. The third-order valence-corrected chi connectivity index (χ3v) is 6.01. The normalized spacial score (nSPS) is 20.6. The van der Waals surface area contributed by atoms with Gasteiger partial charge >= 0.3 is 0 Å². The van der Waals surface area contributed by atoms with Crippen LogP contribution in [0.3, 0.4) is 0 Å². The van der Waals surface area contributed by atoms with E-state index >= 15 is 0 Å². The lowest BCUT2D eigenvalue weighted by Crippen LogP contribution is -2.42. The van der Waals surface area contributed by atoms with Gasteiger partial charge in [0, 0.05) is 36.2 Å². The highest BCUT2D eigenvalue weighted by molar-refractivity contribution is 5.79. The number of likely N-dealkylation sites (tertiary alicyclic amines) is 1. The number of aromatic nitrogens is 1. The van der Waals surface area contributed by atoms with Gasteiger partial charge in [-0.25, -0.2) is 0 Å². The third kappa shape index (κ3) is 4.00. The van der Waals surface area contributed by atoms with Crippen LogP contribution in [0.2, 0.25) is 0 Å². The molecule has 27 heavy (non-hydrogen) atoms. The molecule has 4 rings (SSSR count). The van der Waals surface area contributed by atoms with Gasteiger partial charge in [0.15, 0.2) is 0 Å². The number of amides is 1. The van der Waals surface area contributed by atoms with E-state index in [9.17, 15) is 4.79 Å². The second-order valence-electron chi connectivity index (χ2n) is 7.78. The lowest BCUT2D eigenvalue weighted by molar-refractivity contribution is -0.136. The van der Waals surface area contributed by atoms with Crippen LogP contribution in [0.25, 0.3) is 11.3 Å². The first-order valence-electron chi connectivity index (χ1n) is 10.1. The van der Waals surface area contributed by atoms with E-state index in [-0.39, 0.29) is 5.92 Å². The number of methoxy groups -OCH3 is 1. The molecule has 0 N–H and O–H groups in total. The van der Waals surface area contributed by atoms with Crippen LogP contribution in [0.1, 0.15) is 50.1 Å². The Labute approximate surface area is 161 Å². The first-order valence-corrected chi connectivity index (χ1v) is 10.1. The van der Waals surface area contributed by atoms with Crippen LogP contribution in [0.15, 0.2) is 42.5 Å². The molecular weight excluding hydrogens is 336 g/mol. The summed E-state index contributed by atoms with van der Waals surface area (Å²) in [5, 5.41) is 0. The molecule has 1 aliphatic heterocycles. The molecule has 1 atom stereocenters. The molecule has 2 fully saturated rings. The molecule has 1 aromatic heterocycles. The summed E-state index contributed by atoms with van der Waals surface area (Å²) in [7, 11) is 1.68. The number of rotatable bonds is 4. The molecule has 1 saturated heterocycles. The maximum Gasteiger partial charge on any atom is 0.225 e. The summed E-state index contributed by atoms with van der Waals surface area (Å²) >= 11 is 0. The minimum Gasteiger partial charge on any atom is -0.497 e. The van der Waals surface area contributed by atoms with E-state index in [1.807, 2.05) is 24.3 Å². The first-order chi connectivity index (χ1) is 13.2. The van der Waals surface area contributed by atoms with Gasteiger partial charge in [-0.3, -0.25) is 9.78 Å². The molecule has 0 radical (unpaired) electrons. The molecule has 2 aromatic rings. The van der Waals surface area contributed by atoms with Crippen molar-refractivity contribution in [3.8, 4) is 17.0 Å². The highest BCUT2D eigenvalue weighted by Crippen LogP contribution is 2.32. The van der Waals surface area contributed by atoms with Gasteiger partial charge in [-0.05, 0) is 62.1 Å². The van der Waals surface area contributed by atoms with Crippen molar-refractivity contribution in [3.05, 3.63) is 48.2 Å². The number of hydrogen-bond donors (Lipinski definition) is 0. The smallest absolute Gasteiger partial charge is 0.225 e. The maximum atomic E-state index is 12.8. The monoisotopic (exact) mass is 364 g/mol. The summed E-state index contributed by atoms with van der Waals surface area (Å²) in [6.07, 6.45) is 6.74. The molecule has 1 unspecified atom stereocenters. The van der Waals surface area contributed by atoms with Crippen LogP contribution < -0.4 is 4.74 Å². The predicted octanol–water partition coefficient (Wildman–Crippen LogP) is 4.65. The van der Waals surface area contributed by atoms with Crippen molar-refractivity contribution in [1.29, 1.82) is 0 Å². The number of hydrogen-bond acceptors (Lipinski definition) is 3. The lowest BCUT2D eigenvalue weighted by atomic mass is 9.92. The van der Waals surface area contributed by atoms with Crippen molar-refractivity contribution in [2.45, 2.75) is 44.4 Å². The Kier molecular flexibility index (Phi) is 5.42. The molecular formula is C23H28N2O2. The van der Waals surface area contributed by atoms with Crippen LogP contribution in [0, 0.1) is 5.92 Å². The Morgan fingerprint density at radius 1 is 1.04 bits per heavy atom. The molecule has 0 spiro atoms. The highest BCUT2D eigenvalue weighted by Gasteiger charge is 2.31. The summed E-state index contributed by atoms with van der Waals surface area (Å²) in [5.41, 5.74) is 3.17. The number of benzene rings is 1. The molecule has 1 amide bonds. The molecule has 4 nitrogen and oxygen atoms in total. The van der Waals surface area contributed by atoms with E-state index in [0.29, 0.717) is 11.8 Å². The summed E-state index contributed by atoms with van der Waals surface area (Å²) in [6, 6.07) is 14.3. The average Bonchev–Trinajstić information content (AvgIpc) is 3.28. The first kappa shape index (κ1) is 18.0. The quantitative estimate of drug-likeness (QED) is 0.793. The molecule has 1 saturated carbocycles. The fraction of sp³-hybridized carbons (Fsp3) is 0.478. The zero-order valence-corrected chi connectivity index (χ0v) is 16.1. The van der Waals surface area contributed by atoms with Gasteiger partial charge in [-0.2, -0.15) is 0 Å². The van der Waals surface area contributed by atoms with Gasteiger partial charge in [0.1, 0.15) is 5.75 Å². The Morgan fingerprint density at radius 3 is 2.56 bits per heavy atom. The summed E-state index contributed by atoms with van der Waals surface area (Å²) < 4.78 is 5.24. The van der Waals surface area contributed by atoms with Crippen LogP contribution in [-0.2, 0) is 4.79 Å². The molecule has 2 aliphatic rings. The van der Waals surface area contributed by atoms with Gasteiger partial charge in [-0.15, -0.1) is 0 Å². The molecule has 142 valence electrons. The summed E-state index contributed by atoms with van der Waals surface area (Å²) in [5.74, 6) is 1.83. The van der Waals surface area contributed by atoms with Gasteiger partial charge in [0.2, 0.25) is 5.91 Å². The molecule has 2 heterocycles. The zero-order valence-electron chi connectivity index (χ0n) is 16.1. The number of nitrogens with zero attached hydrogens (tertiary/aromatic N) is 2. The van der Waals surface area contributed by atoms with E-state index < -0.39 is 0 Å². The fourth-order valence-corrected chi connectivity index (χ4v) is 4.45. The molecule has 1 aromatic carbocycles. The van der Waals surface area contributed by atoms with Gasteiger partial charge in [0.05, 0.1) is 12.8 Å². The topological polar surface area (TPSA) is 42.4 Å². The number of pyridine rings is 1. The second-order valence-corrected chi connectivity index (χ2v) is 7.78. The van der Waals surface area contributed by atoms with E-state index in [0.717, 1.165) is 61.5 Å². The predicted molar refractivity (Wildman–Crippen MR) is 107 cm³/mol. The SMILES string of the molecule is COc1ccc(-c2cccc(C3CCCN(C(=O)C4CCCC4)C3)n2)cc1. The Hall–Kier alpha value is -2.36. The van der Waals surface area contributed by atoms with Crippen molar-refractivity contribution >= 4 is 5.91 Å². The third-order valence-electron chi connectivity index (χ3n) is 6.01. The van der Waals surface area contributed by atoms with Crippen molar-refractivity contribution < 1.29 is 9.53 Å². The van der Waals surface area contributed by atoms with E-state index in [4.69, 9.17) is 9.72 Å². The minimum absolute atomic E-state index is 0.266. The Bertz CT molecular complexity index is 781. The number of carbonyl (C=O) groups excluding carboxylic acids is 1. The van der Waals surface area contributed by atoms with Crippen LogP contribution in [0.5, 0.6) is 5.75 Å². The van der Waals surface area contributed by atoms with Gasteiger partial charge in [0.25, 0.3) is 0 Å². The number of piperidine rings is 1. The maximum absolute atomic E-state index is 12.8. The standard InChI is InChI=1S/C23H28N2O2/c1-27-20-13-11-17(12-14-20)21-9-4-10-22(24-21)19-8-5-15-25(16-19)23(26)18-6-2-3-7-18/h4,9-14,18-19H,2-3,5-8,15-16H2,1H3. The summed E-state index contributed by atoms with van der Waals surface area (Å²) in [4.78, 5) is 19.9. The van der Waals surface area contributed by atoms with E-state index in [1.54, 1.807) is 7.11 Å². The minimum atomic E-state index is 0.266. The van der Waals surface area contributed by atoms with Crippen molar-refractivity contribution in [2.75, 3.05) is 20.2 Å². The van der Waals surface area contributed by atoms with E-state index in [2.05, 4.69) is 23.1 Å². The summed E-state index contributed by atoms with van der Waals surface area (Å²) in [6.45, 7) is 1.72. The second kappa shape index (κ2) is 8.12. The van der Waals surface area contributed by atoms with Crippen LogP contribution in [0.4, 0.5) is 0 Å². The zero-order chi connectivity index (χ0) is 18.6. The number of ether oxygens (including phenoxy) is 1. The largest absolute Gasteiger partial charge is 0.497 e. The van der Waals surface area contributed by atoms with Gasteiger partial charge < -0.3 is 9.64 Å².